The summed E-state index contributed by atoms with van der Waals surface area (Å²) in [5, 5.41) is 1.49. The minimum atomic E-state index is 0.764. The summed E-state index contributed by atoms with van der Waals surface area (Å²) in [6, 6.07) is 8.93. The summed E-state index contributed by atoms with van der Waals surface area (Å²) in [6.07, 6.45) is 5.23. The van der Waals surface area contributed by atoms with Crippen molar-refractivity contribution in [2.24, 2.45) is 5.92 Å². The molecule has 0 radical (unpaired) electrons. The van der Waals surface area contributed by atoms with Crippen molar-refractivity contribution in [1.29, 1.82) is 0 Å². The minimum absolute atomic E-state index is 0.764. The fourth-order valence-corrected chi connectivity index (χ4v) is 4.15. The molecule has 4 heterocycles. The number of nitrogens with zero attached hydrogens (tertiary/aromatic N) is 2. The molecule has 0 N–H and O–H groups in total. The first-order valence-corrected chi connectivity index (χ1v) is 7.67. The van der Waals surface area contributed by atoms with Crippen molar-refractivity contribution < 1.29 is 0 Å². The van der Waals surface area contributed by atoms with Crippen molar-refractivity contribution in [3.05, 3.63) is 36.0 Å². The number of piperidine rings is 3. The highest BCUT2D eigenvalue weighted by Crippen LogP contribution is 2.41. The van der Waals surface area contributed by atoms with Crippen LogP contribution in [-0.4, -0.2) is 29.1 Å². The molecule has 0 saturated carbocycles. The van der Waals surface area contributed by atoms with Crippen LogP contribution in [0.25, 0.3) is 10.9 Å². The first-order chi connectivity index (χ1) is 9.36. The van der Waals surface area contributed by atoms with Gasteiger partial charge in [0, 0.05) is 36.1 Å². The number of rotatable bonds is 2. The van der Waals surface area contributed by atoms with Crippen LogP contribution in [0.5, 0.6) is 0 Å². The molecule has 3 aliphatic heterocycles. The summed E-state index contributed by atoms with van der Waals surface area (Å²) in [5.41, 5.74) is 3.02. The van der Waals surface area contributed by atoms with Crippen molar-refractivity contribution >= 4 is 10.9 Å². The van der Waals surface area contributed by atoms with Gasteiger partial charge in [-0.1, -0.05) is 18.2 Å². The van der Waals surface area contributed by atoms with Gasteiger partial charge in [0.25, 0.3) is 0 Å². The number of para-hydroxylation sites is 1. The zero-order chi connectivity index (χ0) is 12.8. The standard InChI is InChI=1S/C17H22N2/c1-2-19-12-16(14-5-3-4-6-17(14)19)15-11-18-9-7-13(15)8-10-18/h3-6,12-13,15H,2,7-11H2,1H3. The molecular formula is C17H22N2. The Bertz CT molecular complexity index is 590. The van der Waals surface area contributed by atoms with Crippen LogP contribution in [0.4, 0.5) is 0 Å². The monoisotopic (exact) mass is 254 g/mol. The number of hydrogen-bond donors (Lipinski definition) is 0. The van der Waals surface area contributed by atoms with Gasteiger partial charge < -0.3 is 9.47 Å². The van der Waals surface area contributed by atoms with Gasteiger partial charge in [-0.25, -0.2) is 0 Å². The number of hydrogen-bond acceptors (Lipinski definition) is 1. The molecule has 3 saturated heterocycles. The van der Waals surface area contributed by atoms with Crippen LogP contribution in [0.3, 0.4) is 0 Å². The molecule has 3 fully saturated rings. The number of aryl methyl sites for hydroxylation is 1. The fraction of sp³-hybridized carbons (Fsp3) is 0.529. The molecule has 5 rings (SSSR count). The Morgan fingerprint density at radius 3 is 2.63 bits per heavy atom. The topological polar surface area (TPSA) is 8.17 Å². The highest BCUT2D eigenvalue weighted by molar-refractivity contribution is 5.84. The first kappa shape index (κ1) is 11.5. The minimum Gasteiger partial charge on any atom is -0.347 e. The zero-order valence-electron chi connectivity index (χ0n) is 11.7. The molecule has 2 bridgehead atoms. The van der Waals surface area contributed by atoms with Gasteiger partial charge in [0.2, 0.25) is 0 Å². The van der Waals surface area contributed by atoms with Crippen LogP contribution in [0.2, 0.25) is 0 Å². The van der Waals surface area contributed by atoms with Crippen molar-refractivity contribution in [2.45, 2.75) is 32.2 Å². The van der Waals surface area contributed by atoms with Crippen LogP contribution >= 0.6 is 0 Å². The van der Waals surface area contributed by atoms with Crippen LogP contribution in [0.15, 0.2) is 30.5 Å². The van der Waals surface area contributed by atoms with Gasteiger partial charge in [0.05, 0.1) is 0 Å². The van der Waals surface area contributed by atoms with E-state index in [0.29, 0.717) is 0 Å². The summed E-state index contributed by atoms with van der Waals surface area (Å²) < 4.78 is 2.42. The van der Waals surface area contributed by atoms with E-state index in [1.807, 2.05) is 0 Å². The molecule has 19 heavy (non-hydrogen) atoms. The highest BCUT2D eigenvalue weighted by Gasteiger charge is 2.36. The van der Waals surface area contributed by atoms with Crippen molar-refractivity contribution in [1.82, 2.24) is 9.47 Å². The normalized spacial score (nSPS) is 30.1. The molecule has 0 spiro atoms. The Kier molecular flexibility index (Phi) is 2.66. The van der Waals surface area contributed by atoms with Gasteiger partial charge in [0.1, 0.15) is 0 Å². The summed E-state index contributed by atoms with van der Waals surface area (Å²) in [5.74, 6) is 1.68. The van der Waals surface area contributed by atoms with Gasteiger partial charge in [-0.15, -0.1) is 0 Å². The summed E-state index contributed by atoms with van der Waals surface area (Å²) in [6.45, 7) is 7.25. The van der Waals surface area contributed by atoms with E-state index in [4.69, 9.17) is 0 Å². The lowest BCUT2D eigenvalue weighted by Crippen LogP contribution is -2.46. The summed E-state index contributed by atoms with van der Waals surface area (Å²) >= 11 is 0. The number of fused-ring (bicyclic) bond motifs is 4. The Labute approximate surface area is 115 Å². The quantitative estimate of drug-likeness (QED) is 0.796. The van der Waals surface area contributed by atoms with Crippen molar-refractivity contribution in [3.63, 3.8) is 0 Å². The Hall–Kier alpha value is -1.28. The van der Waals surface area contributed by atoms with Gasteiger partial charge in [-0.3, -0.25) is 0 Å². The lowest BCUT2D eigenvalue weighted by atomic mass is 9.75. The molecule has 1 aromatic carbocycles. The molecule has 1 atom stereocenters. The predicted octanol–water partition coefficient (Wildman–Crippen LogP) is 3.47. The predicted molar refractivity (Wildman–Crippen MR) is 79.5 cm³/mol. The third kappa shape index (κ3) is 1.73. The van der Waals surface area contributed by atoms with Gasteiger partial charge >= 0.3 is 0 Å². The van der Waals surface area contributed by atoms with Crippen LogP contribution in [0, 0.1) is 5.92 Å². The second-order valence-corrected chi connectivity index (χ2v) is 6.13. The maximum absolute atomic E-state index is 2.66. The third-order valence-corrected chi connectivity index (χ3v) is 5.22. The number of aromatic nitrogens is 1. The SMILES string of the molecule is CCn1cc(C2CN3CCC2CC3)c2ccccc21. The lowest BCUT2D eigenvalue weighted by molar-refractivity contribution is 0.0876. The fourth-order valence-electron chi connectivity index (χ4n) is 4.15. The second kappa shape index (κ2) is 4.38. The smallest absolute Gasteiger partial charge is 0.0483 e. The maximum Gasteiger partial charge on any atom is 0.0483 e. The van der Waals surface area contributed by atoms with E-state index in [0.717, 1.165) is 18.4 Å². The molecule has 2 aromatic rings. The molecular weight excluding hydrogens is 232 g/mol. The molecule has 0 amide bonds. The Morgan fingerprint density at radius 2 is 1.95 bits per heavy atom. The average Bonchev–Trinajstić information content (AvgIpc) is 2.87. The molecule has 2 nitrogen and oxygen atoms in total. The maximum atomic E-state index is 2.66. The van der Waals surface area contributed by atoms with Crippen LogP contribution < -0.4 is 0 Å². The lowest BCUT2D eigenvalue weighted by Gasteiger charge is -2.44. The van der Waals surface area contributed by atoms with E-state index in [1.165, 1.54) is 43.4 Å². The molecule has 0 aliphatic carbocycles. The van der Waals surface area contributed by atoms with E-state index in [-0.39, 0.29) is 0 Å². The summed E-state index contributed by atoms with van der Waals surface area (Å²) in [4.78, 5) is 2.66. The Balaban J connectivity index is 1.82. The van der Waals surface area contributed by atoms with Crippen molar-refractivity contribution in [2.75, 3.05) is 19.6 Å². The van der Waals surface area contributed by atoms with E-state index in [2.05, 4.69) is 46.9 Å². The Morgan fingerprint density at radius 1 is 1.16 bits per heavy atom. The van der Waals surface area contributed by atoms with Gasteiger partial charge in [-0.2, -0.15) is 0 Å². The van der Waals surface area contributed by atoms with Gasteiger partial charge in [0.15, 0.2) is 0 Å². The van der Waals surface area contributed by atoms with E-state index in [9.17, 15) is 0 Å². The third-order valence-electron chi connectivity index (χ3n) is 5.22. The first-order valence-electron chi connectivity index (χ1n) is 7.67. The molecule has 1 unspecified atom stereocenters. The largest absolute Gasteiger partial charge is 0.347 e. The van der Waals surface area contributed by atoms with Gasteiger partial charge in [-0.05, 0) is 50.4 Å². The van der Waals surface area contributed by atoms with Crippen molar-refractivity contribution in [3.8, 4) is 0 Å². The number of benzene rings is 1. The zero-order valence-corrected chi connectivity index (χ0v) is 11.7. The van der Waals surface area contributed by atoms with E-state index in [1.54, 1.807) is 5.56 Å². The van der Waals surface area contributed by atoms with E-state index >= 15 is 0 Å². The van der Waals surface area contributed by atoms with Crippen LogP contribution in [-0.2, 0) is 6.54 Å². The molecule has 100 valence electrons. The molecule has 2 heteroatoms. The second-order valence-electron chi connectivity index (χ2n) is 6.13. The van der Waals surface area contributed by atoms with Crippen LogP contribution in [0.1, 0.15) is 31.2 Å². The average molecular weight is 254 g/mol. The summed E-state index contributed by atoms with van der Waals surface area (Å²) in [7, 11) is 0. The molecule has 1 aromatic heterocycles. The molecule has 3 aliphatic rings. The highest BCUT2D eigenvalue weighted by atomic mass is 15.1. The van der Waals surface area contributed by atoms with E-state index < -0.39 is 0 Å².